The number of pyridine rings is 1. The van der Waals surface area contributed by atoms with Gasteiger partial charge < -0.3 is 20.9 Å². The number of alkyl halides is 3. The number of carboxylic acid groups (broad SMARTS) is 1. The second-order valence-electron chi connectivity index (χ2n) is 9.76. The first kappa shape index (κ1) is 30.1. The van der Waals surface area contributed by atoms with Crippen LogP contribution in [0.15, 0.2) is 59.5 Å². The Morgan fingerprint density at radius 2 is 1.95 bits per heavy atom. The minimum atomic E-state index is -4.75. The Kier molecular flexibility index (Phi) is 9.38. The fourth-order valence-electron chi connectivity index (χ4n) is 4.46. The summed E-state index contributed by atoms with van der Waals surface area (Å²) in [5, 5.41) is 12.9. The van der Waals surface area contributed by atoms with Gasteiger partial charge in [0, 0.05) is 12.2 Å². The van der Waals surface area contributed by atoms with Crippen molar-refractivity contribution >= 4 is 27.5 Å². The zero-order valence-corrected chi connectivity index (χ0v) is 22.9. The summed E-state index contributed by atoms with van der Waals surface area (Å²) in [6.07, 6.45) is -0.481. The third-order valence-corrected chi connectivity index (χ3v) is 8.09. The quantitative estimate of drug-likeness (QED) is 0.179. The van der Waals surface area contributed by atoms with Crippen molar-refractivity contribution in [1.29, 1.82) is 0 Å². The number of anilines is 2. The van der Waals surface area contributed by atoms with Crippen LogP contribution in [-0.2, 0) is 40.3 Å². The summed E-state index contributed by atoms with van der Waals surface area (Å²) in [7, 11) is -4.56. The number of hydrogen-bond acceptors (Lipinski definition) is 7. The number of benzene rings is 2. The Balaban J connectivity index is 1.30. The Labute approximate surface area is 236 Å². The number of carboxylic acids is 1. The molecule has 13 heteroatoms. The van der Waals surface area contributed by atoms with Crippen LogP contribution in [0, 0.1) is 0 Å². The number of unbranched alkanes of at least 4 members (excludes halogenated alkanes) is 1. The molecule has 1 aliphatic heterocycles. The molecule has 9 nitrogen and oxygen atoms in total. The van der Waals surface area contributed by atoms with Gasteiger partial charge in [-0.15, -0.1) is 0 Å². The molecule has 220 valence electrons. The first-order chi connectivity index (χ1) is 19.4. The fraction of sp³-hybridized carbons (Fsp3) is 0.357. The summed E-state index contributed by atoms with van der Waals surface area (Å²) in [6, 6.07) is 10.2. The van der Waals surface area contributed by atoms with Gasteiger partial charge in [0.05, 0.1) is 22.8 Å². The molecule has 0 unspecified atom stereocenters. The Hall–Kier alpha value is -3.84. The number of nitrogen functional groups attached to an aromatic ring is 1. The van der Waals surface area contributed by atoms with Gasteiger partial charge in [0.2, 0.25) is 10.0 Å². The lowest BCUT2D eigenvalue weighted by Crippen LogP contribution is -2.42. The molecule has 2 heterocycles. The van der Waals surface area contributed by atoms with Crippen LogP contribution >= 0.6 is 0 Å². The SMILES string of the molecule is Nc1cc(C[C@H](NS(=O)(=O)c2cccc(C(F)(F)F)c2)C(=O)O)ccc1OCCCCc1ccc2c(n1)NCCC2. The van der Waals surface area contributed by atoms with Gasteiger partial charge in [-0.3, -0.25) is 4.79 Å². The minimum absolute atomic E-state index is 0.245. The van der Waals surface area contributed by atoms with Crippen molar-refractivity contribution in [2.24, 2.45) is 0 Å². The fourth-order valence-corrected chi connectivity index (χ4v) is 5.70. The van der Waals surface area contributed by atoms with Gasteiger partial charge in [0.25, 0.3) is 0 Å². The topological polar surface area (TPSA) is 144 Å². The van der Waals surface area contributed by atoms with Crippen molar-refractivity contribution in [2.75, 3.05) is 24.2 Å². The average molecular weight is 593 g/mol. The third-order valence-electron chi connectivity index (χ3n) is 6.62. The van der Waals surface area contributed by atoms with Gasteiger partial charge in [0.1, 0.15) is 17.6 Å². The van der Waals surface area contributed by atoms with E-state index in [4.69, 9.17) is 10.5 Å². The van der Waals surface area contributed by atoms with E-state index < -0.39 is 38.7 Å². The highest BCUT2D eigenvalue weighted by molar-refractivity contribution is 7.89. The van der Waals surface area contributed by atoms with Crippen molar-refractivity contribution in [1.82, 2.24) is 9.71 Å². The van der Waals surface area contributed by atoms with E-state index in [1.54, 1.807) is 12.1 Å². The predicted octanol–water partition coefficient (Wildman–Crippen LogP) is 4.42. The Morgan fingerprint density at radius 1 is 1.15 bits per heavy atom. The van der Waals surface area contributed by atoms with Crippen LogP contribution in [-0.4, -0.2) is 43.7 Å². The molecule has 0 spiro atoms. The highest BCUT2D eigenvalue weighted by Crippen LogP contribution is 2.30. The van der Waals surface area contributed by atoms with Crippen molar-refractivity contribution < 1.29 is 36.2 Å². The number of carbonyl (C=O) groups is 1. The van der Waals surface area contributed by atoms with Crippen LogP contribution in [0.3, 0.4) is 0 Å². The van der Waals surface area contributed by atoms with Crippen LogP contribution < -0.4 is 20.5 Å². The second-order valence-corrected chi connectivity index (χ2v) is 11.5. The Bertz CT molecular complexity index is 1500. The summed E-state index contributed by atoms with van der Waals surface area (Å²) in [5.41, 5.74) is 7.82. The first-order valence-electron chi connectivity index (χ1n) is 13.1. The van der Waals surface area contributed by atoms with Crippen molar-refractivity contribution in [3.05, 3.63) is 77.0 Å². The van der Waals surface area contributed by atoms with Gasteiger partial charge in [-0.2, -0.15) is 17.9 Å². The maximum atomic E-state index is 13.0. The van der Waals surface area contributed by atoms with E-state index in [1.165, 1.54) is 11.6 Å². The van der Waals surface area contributed by atoms with Crippen LogP contribution in [0.1, 0.15) is 41.6 Å². The zero-order chi connectivity index (χ0) is 29.6. The maximum Gasteiger partial charge on any atom is 0.416 e. The molecule has 1 aromatic heterocycles. The number of aromatic nitrogens is 1. The Morgan fingerprint density at radius 3 is 2.68 bits per heavy atom. The number of rotatable bonds is 12. The molecule has 0 fully saturated rings. The molecule has 3 aromatic rings. The number of ether oxygens (including phenoxy) is 1. The molecule has 41 heavy (non-hydrogen) atoms. The smallest absolute Gasteiger partial charge is 0.416 e. The molecular weight excluding hydrogens is 561 g/mol. The summed E-state index contributed by atoms with van der Waals surface area (Å²) in [4.78, 5) is 15.8. The number of aryl methyl sites for hydroxylation is 2. The number of fused-ring (bicyclic) bond motifs is 1. The number of halogens is 3. The highest BCUT2D eigenvalue weighted by atomic mass is 32.2. The summed E-state index contributed by atoms with van der Waals surface area (Å²) >= 11 is 0. The standard InChI is InChI=1S/C28H31F3N4O5S/c29-28(30,31)20-6-3-8-22(17-20)41(38,39)35-24(27(36)37)16-18-9-12-25(23(32)15-18)40-14-2-1-7-21-11-10-19-5-4-13-33-26(19)34-21/h3,6,8-12,15,17,24,35H,1-2,4-5,7,13-14,16,32H2,(H,33,34)(H,36,37)/t24-/m0/s1. The second kappa shape index (κ2) is 12.8. The lowest BCUT2D eigenvalue weighted by atomic mass is 10.1. The van der Waals surface area contributed by atoms with E-state index in [2.05, 4.69) is 16.4 Å². The number of hydrogen-bond donors (Lipinski definition) is 4. The van der Waals surface area contributed by atoms with Gasteiger partial charge in [-0.25, -0.2) is 13.4 Å². The lowest BCUT2D eigenvalue weighted by Gasteiger charge is -2.17. The first-order valence-corrected chi connectivity index (χ1v) is 14.6. The molecule has 0 bridgehead atoms. The molecule has 0 saturated heterocycles. The van der Waals surface area contributed by atoms with Gasteiger partial charge in [0.15, 0.2) is 0 Å². The highest BCUT2D eigenvalue weighted by Gasteiger charge is 2.33. The van der Waals surface area contributed by atoms with Crippen molar-refractivity contribution in [3.8, 4) is 5.75 Å². The van der Waals surface area contributed by atoms with E-state index in [-0.39, 0.29) is 12.1 Å². The molecule has 0 aliphatic carbocycles. The number of nitrogens with two attached hydrogens (primary N) is 1. The lowest BCUT2D eigenvalue weighted by molar-refractivity contribution is -0.139. The van der Waals surface area contributed by atoms with Gasteiger partial charge in [-0.1, -0.05) is 18.2 Å². The third kappa shape index (κ3) is 8.10. The molecular formula is C28H31F3N4O5S. The monoisotopic (exact) mass is 592 g/mol. The molecule has 1 aliphatic rings. The van der Waals surface area contributed by atoms with Crippen LogP contribution in [0.2, 0.25) is 0 Å². The van der Waals surface area contributed by atoms with Gasteiger partial charge in [-0.05, 0) is 86.1 Å². The normalized spacial score (nSPS) is 14.1. The molecule has 0 saturated carbocycles. The number of sulfonamides is 1. The molecule has 0 amide bonds. The minimum Gasteiger partial charge on any atom is -0.491 e. The van der Waals surface area contributed by atoms with E-state index in [0.29, 0.717) is 24.0 Å². The zero-order valence-electron chi connectivity index (χ0n) is 22.1. The van der Waals surface area contributed by atoms with Crippen LogP contribution in [0.5, 0.6) is 5.75 Å². The van der Waals surface area contributed by atoms with E-state index in [0.717, 1.165) is 68.4 Å². The van der Waals surface area contributed by atoms with Crippen LogP contribution in [0.4, 0.5) is 24.7 Å². The predicted molar refractivity (Wildman–Crippen MR) is 147 cm³/mol. The number of nitrogens with zero attached hydrogens (tertiary/aromatic N) is 1. The largest absolute Gasteiger partial charge is 0.491 e. The maximum absolute atomic E-state index is 13.0. The molecule has 1 atom stereocenters. The summed E-state index contributed by atoms with van der Waals surface area (Å²) < 4.78 is 72.1. The van der Waals surface area contributed by atoms with Crippen molar-refractivity contribution in [3.63, 3.8) is 0 Å². The van der Waals surface area contributed by atoms with Crippen LogP contribution in [0.25, 0.3) is 0 Å². The van der Waals surface area contributed by atoms with E-state index in [1.807, 2.05) is 10.8 Å². The molecule has 5 N–H and O–H groups in total. The molecule has 2 aromatic carbocycles. The molecule has 4 rings (SSSR count). The number of aliphatic carboxylic acids is 1. The summed E-state index contributed by atoms with van der Waals surface area (Å²) in [6.45, 7) is 1.34. The van der Waals surface area contributed by atoms with Crippen molar-refractivity contribution in [2.45, 2.75) is 55.6 Å². The average Bonchev–Trinajstić information content (AvgIpc) is 2.93. The van der Waals surface area contributed by atoms with E-state index in [9.17, 15) is 31.5 Å². The van der Waals surface area contributed by atoms with Gasteiger partial charge >= 0.3 is 12.1 Å². The summed E-state index contributed by atoms with van der Waals surface area (Å²) in [5.74, 6) is -0.128. The number of nitrogens with one attached hydrogen (secondary N) is 2. The van der Waals surface area contributed by atoms with E-state index >= 15 is 0 Å². The molecule has 0 radical (unpaired) electrons.